The Kier molecular flexibility index (Phi) is 8.50. The lowest BCUT2D eigenvalue weighted by Crippen LogP contribution is -2.52. The molecule has 7 heteroatoms. The quantitative estimate of drug-likeness (QED) is 0.398. The molecule has 1 aliphatic rings. The number of halogens is 1. The summed E-state index contributed by atoms with van der Waals surface area (Å²) in [7, 11) is 1.70. The highest BCUT2D eigenvalue weighted by molar-refractivity contribution is 14.0. The maximum atomic E-state index is 5.24. The minimum absolute atomic E-state index is 0. The van der Waals surface area contributed by atoms with Crippen LogP contribution in [0.25, 0.3) is 0 Å². The molecule has 3 rings (SSSR count). The Morgan fingerprint density at radius 2 is 1.88 bits per heavy atom. The van der Waals surface area contributed by atoms with Gasteiger partial charge in [-0.05, 0) is 42.6 Å². The topological polar surface area (TPSA) is 40.1 Å². The van der Waals surface area contributed by atoms with Gasteiger partial charge in [-0.25, -0.2) is 4.99 Å². The molecule has 0 atom stereocenters. The highest BCUT2D eigenvalue weighted by Gasteiger charge is 2.19. The Balaban J connectivity index is 0.00000243. The zero-order valence-corrected chi connectivity index (χ0v) is 18.5. The third-order valence-corrected chi connectivity index (χ3v) is 5.18. The van der Waals surface area contributed by atoms with Gasteiger partial charge in [-0.3, -0.25) is 0 Å². The molecular weight excluding hydrogens is 459 g/mol. The Labute approximate surface area is 177 Å². The van der Waals surface area contributed by atoms with Gasteiger partial charge in [0.15, 0.2) is 5.96 Å². The molecule has 1 aromatic carbocycles. The molecule has 1 fully saturated rings. The second-order valence-electron chi connectivity index (χ2n) is 5.92. The van der Waals surface area contributed by atoms with E-state index in [0.29, 0.717) is 0 Å². The molecule has 1 saturated heterocycles. The summed E-state index contributed by atoms with van der Waals surface area (Å²) in [6.07, 6.45) is 0. The van der Waals surface area contributed by atoms with Crippen LogP contribution in [0.1, 0.15) is 11.8 Å². The molecule has 0 saturated carbocycles. The van der Waals surface area contributed by atoms with Gasteiger partial charge in [-0.2, -0.15) is 0 Å². The fourth-order valence-electron chi connectivity index (χ4n) is 2.95. The van der Waals surface area contributed by atoms with Crippen LogP contribution in [0.4, 0.5) is 5.69 Å². The molecule has 2 heterocycles. The van der Waals surface area contributed by atoms with Crippen molar-refractivity contribution < 1.29 is 4.74 Å². The summed E-state index contributed by atoms with van der Waals surface area (Å²) in [6, 6.07) is 12.5. The predicted molar refractivity (Wildman–Crippen MR) is 121 cm³/mol. The molecule has 0 amide bonds. The Morgan fingerprint density at radius 3 is 2.46 bits per heavy atom. The number of ether oxygens (including phenoxy) is 1. The summed E-state index contributed by atoms with van der Waals surface area (Å²) < 4.78 is 5.24. The first-order valence-electron chi connectivity index (χ1n) is 8.75. The summed E-state index contributed by atoms with van der Waals surface area (Å²) in [5, 5.41) is 5.53. The van der Waals surface area contributed by atoms with E-state index in [0.717, 1.165) is 51.0 Å². The van der Waals surface area contributed by atoms with Crippen LogP contribution >= 0.6 is 35.3 Å². The Bertz CT molecular complexity index is 667. The van der Waals surface area contributed by atoms with E-state index in [4.69, 9.17) is 9.73 Å². The van der Waals surface area contributed by atoms with Crippen molar-refractivity contribution in [2.45, 2.75) is 13.5 Å². The first kappa shape index (κ1) is 20.8. The first-order valence-corrected chi connectivity index (χ1v) is 9.62. The number of guanidine groups is 1. The number of hydrogen-bond acceptors (Lipinski definition) is 4. The molecule has 1 aliphatic heterocycles. The third kappa shape index (κ3) is 5.51. The van der Waals surface area contributed by atoms with Gasteiger partial charge in [-0.15, -0.1) is 35.3 Å². The molecule has 0 spiro atoms. The van der Waals surface area contributed by atoms with E-state index in [1.165, 1.54) is 10.6 Å². The molecule has 26 heavy (non-hydrogen) atoms. The van der Waals surface area contributed by atoms with Crippen molar-refractivity contribution in [2.75, 3.05) is 44.7 Å². The summed E-state index contributed by atoms with van der Waals surface area (Å²) in [5.41, 5.74) is 1.25. The second kappa shape index (κ2) is 10.6. The normalized spacial score (nSPS) is 14.8. The maximum Gasteiger partial charge on any atom is 0.194 e. The van der Waals surface area contributed by atoms with Gasteiger partial charge in [0.05, 0.1) is 13.7 Å². The lowest BCUT2D eigenvalue weighted by atomic mass is 10.2. The first-order chi connectivity index (χ1) is 12.3. The molecule has 0 aliphatic carbocycles. The third-order valence-electron chi connectivity index (χ3n) is 4.32. The average Bonchev–Trinajstić information content (AvgIpc) is 3.19. The number of nitrogens with one attached hydrogen (secondary N) is 1. The summed E-state index contributed by atoms with van der Waals surface area (Å²) in [6.45, 7) is 7.70. The zero-order chi connectivity index (χ0) is 17.5. The SMILES string of the molecule is CCNC(=NCc1cccs1)N1CCN(c2ccc(OC)cc2)CC1.I. The van der Waals surface area contributed by atoms with Crippen LogP contribution in [0.15, 0.2) is 46.8 Å². The molecule has 0 radical (unpaired) electrons. The number of benzene rings is 1. The van der Waals surface area contributed by atoms with E-state index >= 15 is 0 Å². The van der Waals surface area contributed by atoms with E-state index in [9.17, 15) is 0 Å². The number of thiophene rings is 1. The van der Waals surface area contributed by atoms with Crippen molar-refractivity contribution in [1.29, 1.82) is 0 Å². The monoisotopic (exact) mass is 486 g/mol. The highest BCUT2D eigenvalue weighted by atomic mass is 127. The van der Waals surface area contributed by atoms with Crippen molar-refractivity contribution in [3.8, 4) is 5.75 Å². The summed E-state index contributed by atoms with van der Waals surface area (Å²) in [5.74, 6) is 1.92. The molecule has 5 nitrogen and oxygen atoms in total. The zero-order valence-electron chi connectivity index (χ0n) is 15.4. The fourth-order valence-corrected chi connectivity index (χ4v) is 3.58. The Hall–Kier alpha value is -1.48. The number of aliphatic imine (C=N–C) groups is 1. The smallest absolute Gasteiger partial charge is 0.194 e. The van der Waals surface area contributed by atoms with Crippen LogP contribution in [-0.2, 0) is 6.54 Å². The summed E-state index contributed by atoms with van der Waals surface area (Å²) in [4.78, 5) is 10.9. The molecule has 0 unspecified atom stereocenters. The van der Waals surface area contributed by atoms with Crippen molar-refractivity contribution in [2.24, 2.45) is 4.99 Å². The van der Waals surface area contributed by atoms with Crippen LogP contribution in [0, 0.1) is 0 Å². The van der Waals surface area contributed by atoms with Crippen LogP contribution in [0.5, 0.6) is 5.75 Å². The second-order valence-corrected chi connectivity index (χ2v) is 6.95. The lowest BCUT2D eigenvalue weighted by Gasteiger charge is -2.37. The molecule has 2 aromatic rings. The number of rotatable bonds is 5. The number of piperazine rings is 1. The van der Waals surface area contributed by atoms with Gasteiger partial charge < -0.3 is 19.9 Å². The van der Waals surface area contributed by atoms with E-state index in [-0.39, 0.29) is 24.0 Å². The van der Waals surface area contributed by atoms with E-state index in [1.807, 2.05) is 12.1 Å². The minimum atomic E-state index is 0. The lowest BCUT2D eigenvalue weighted by molar-refractivity contribution is 0.372. The van der Waals surface area contributed by atoms with Gasteiger partial charge in [0.25, 0.3) is 0 Å². The summed E-state index contributed by atoms with van der Waals surface area (Å²) >= 11 is 1.76. The molecule has 142 valence electrons. The van der Waals surface area contributed by atoms with Crippen molar-refractivity contribution in [1.82, 2.24) is 10.2 Å². The molecule has 1 N–H and O–H groups in total. The van der Waals surface area contributed by atoms with E-state index < -0.39 is 0 Å². The Morgan fingerprint density at radius 1 is 1.15 bits per heavy atom. The fraction of sp³-hybridized carbons (Fsp3) is 0.421. The van der Waals surface area contributed by atoms with Gasteiger partial charge >= 0.3 is 0 Å². The minimum Gasteiger partial charge on any atom is -0.497 e. The maximum absolute atomic E-state index is 5.24. The van der Waals surface area contributed by atoms with E-state index in [1.54, 1.807) is 18.4 Å². The van der Waals surface area contributed by atoms with Gasteiger partial charge in [0.2, 0.25) is 0 Å². The molecular formula is C19H27IN4OS. The standard InChI is InChI=1S/C19H26N4OS.HI/c1-3-20-19(21-15-18-5-4-14-25-18)23-12-10-22(11-13-23)16-6-8-17(24-2)9-7-16;/h4-9,14H,3,10-13,15H2,1-2H3,(H,20,21);1H. The number of nitrogens with zero attached hydrogens (tertiary/aromatic N) is 3. The van der Waals surface area contributed by atoms with Gasteiger partial charge in [0.1, 0.15) is 5.75 Å². The van der Waals surface area contributed by atoms with Gasteiger partial charge in [-0.1, -0.05) is 6.07 Å². The molecule has 0 bridgehead atoms. The van der Waals surface area contributed by atoms with Crippen molar-refractivity contribution in [3.63, 3.8) is 0 Å². The van der Waals surface area contributed by atoms with Crippen molar-refractivity contribution >= 4 is 47.0 Å². The van der Waals surface area contributed by atoms with Crippen LogP contribution in [0.2, 0.25) is 0 Å². The number of anilines is 1. The van der Waals surface area contributed by atoms with Crippen molar-refractivity contribution in [3.05, 3.63) is 46.7 Å². The number of methoxy groups -OCH3 is 1. The van der Waals surface area contributed by atoms with Crippen LogP contribution < -0.4 is 15.0 Å². The van der Waals surface area contributed by atoms with E-state index in [2.05, 4.69) is 51.7 Å². The van der Waals surface area contributed by atoms with Crippen LogP contribution in [0.3, 0.4) is 0 Å². The highest BCUT2D eigenvalue weighted by Crippen LogP contribution is 2.20. The largest absolute Gasteiger partial charge is 0.497 e. The van der Waals surface area contributed by atoms with Gasteiger partial charge in [0, 0.05) is 43.3 Å². The number of hydrogen-bond donors (Lipinski definition) is 1. The van der Waals surface area contributed by atoms with Crippen LogP contribution in [-0.4, -0.2) is 50.7 Å². The molecule has 1 aromatic heterocycles. The average molecular weight is 486 g/mol. The predicted octanol–water partition coefficient (Wildman–Crippen LogP) is 3.66.